The zero-order valence-corrected chi connectivity index (χ0v) is 10.9. The van der Waals surface area contributed by atoms with Gasteiger partial charge < -0.3 is 5.11 Å². The highest BCUT2D eigenvalue weighted by Crippen LogP contribution is 2.33. The molecule has 0 spiro atoms. The number of aryl methyl sites for hydroxylation is 1. The minimum atomic E-state index is -0.0271. The first-order chi connectivity index (χ1) is 7.69. The summed E-state index contributed by atoms with van der Waals surface area (Å²) in [7, 11) is 0. The molecular formula is C10H9ClN2OS2. The standard InChI is InChI=1S/C10H9ClN2OS2/c1-6-12-13-10(15-6)16-9-3-2-8(11)4-7(9)5-14/h2-4,14H,5H2,1H3. The minimum Gasteiger partial charge on any atom is -0.392 e. The van der Waals surface area contributed by atoms with Gasteiger partial charge in [0, 0.05) is 9.92 Å². The van der Waals surface area contributed by atoms with Crippen molar-refractivity contribution in [1.29, 1.82) is 0 Å². The van der Waals surface area contributed by atoms with E-state index in [1.807, 2.05) is 13.0 Å². The Kier molecular flexibility index (Phi) is 3.81. The zero-order valence-electron chi connectivity index (χ0n) is 8.48. The van der Waals surface area contributed by atoms with Crippen LogP contribution < -0.4 is 0 Å². The van der Waals surface area contributed by atoms with Gasteiger partial charge >= 0.3 is 0 Å². The van der Waals surface area contributed by atoms with Crippen molar-refractivity contribution in [1.82, 2.24) is 10.2 Å². The molecule has 3 nitrogen and oxygen atoms in total. The van der Waals surface area contributed by atoms with E-state index in [0.717, 1.165) is 19.8 Å². The third kappa shape index (κ3) is 2.74. The number of aliphatic hydroxyl groups excluding tert-OH is 1. The van der Waals surface area contributed by atoms with Gasteiger partial charge in [0.15, 0.2) is 4.34 Å². The summed E-state index contributed by atoms with van der Waals surface area (Å²) in [5.74, 6) is 0. The predicted octanol–water partition coefficient (Wildman–Crippen LogP) is 3.14. The Bertz CT molecular complexity index is 501. The van der Waals surface area contributed by atoms with Crippen molar-refractivity contribution < 1.29 is 5.11 Å². The van der Waals surface area contributed by atoms with Crippen LogP contribution in [0.1, 0.15) is 10.6 Å². The van der Waals surface area contributed by atoms with Crippen molar-refractivity contribution in [3.63, 3.8) is 0 Å². The van der Waals surface area contributed by atoms with Gasteiger partial charge in [0.1, 0.15) is 5.01 Å². The lowest BCUT2D eigenvalue weighted by Crippen LogP contribution is -1.87. The molecule has 0 aliphatic heterocycles. The van der Waals surface area contributed by atoms with Gasteiger partial charge in [-0.1, -0.05) is 34.7 Å². The Hall–Kier alpha value is -0.620. The lowest BCUT2D eigenvalue weighted by Gasteiger charge is -2.04. The zero-order chi connectivity index (χ0) is 11.5. The van der Waals surface area contributed by atoms with Crippen molar-refractivity contribution in [2.75, 3.05) is 0 Å². The summed E-state index contributed by atoms with van der Waals surface area (Å²) >= 11 is 8.88. The predicted molar refractivity (Wildman–Crippen MR) is 66.1 cm³/mol. The maximum absolute atomic E-state index is 9.22. The fraction of sp³-hybridized carbons (Fsp3) is 0.200. The Morgan fingerprint density at radius 1 is 1.44 bits per heavy atom. The fourth-order valence-corrected chi connectivity index (χ4v) is 3.25. The minimum absolute atomic E-state index is 0.0271. The average molecular weight is 273 g/mol. The van der Waals surface area contributed by atoms with Crippen LogP contribution in [0.4, 0.5) is 0 Å². The quantitative estimate of drug-likeness (QED) is 0.932. The van der Waals surface area contributed by atoms with Crippen molar-refractivity contribution in [2.45, 2.75) is 22.8 Å². The molecule has 2 rings (SSSR count). The first kappa shape index (κ1) is 11.9. The van der Waals surface area contributed by atoms with Gasteiger partial charge in [0.25, 0.3) is 0 Å². The second kappa shape index (κ2) is 5.14. The SMILES string of the molecule is Cc1nnc(Sc2ccc(Cl)cc2CO)s1. The van der Waals surface area contributed by atoms with E-state index >= 15 is 0 Å². The number of halogens is 1. The molecule has 0 unspecified atom stereocenters. The highest BCUT2D eigenvalue weighted by Gasteiger charge is 2.08. The number of benzene rings is 1. The van der Waals surface area contributed by atoms with E-state index in [2.05, 4.69) is 10.2 Å². The smallest absolute Gasteiger partial charge is 0.179 e. The summed E-state index contributed by atoms with van der Waals surface area (Å²) in [6.07, 6.45) is 0. The molecule has 0 saturated carbocycles. The van der Waals surface area contributed by atoms with E-state index in [9.17, 15) is 5.11 Å². The molecule has 0 amide bonds. The molecule has 6 heteroatoms. The number of aromatic nitrogens is 2. The van der Waals surface area contributed by atoms with Crippen molar-refractivity contribution in [3.05, 3.63) is 33.8 Å². The molecule has 0 atom stereocenters. The van der Waals surface area contributed by atoms with E-state index in [0.29, 0.717) is 5.02 Å². The lowest BCUT2D eigenvalue weighted by molar-refractivity contribution is 0.279. The van der Waals surface area contributed by atoms with Gasteiger partial charge in [0.2, 0.25) is 0 Å². The molecule has 0 radical (unpaired) electrons. The summed E-state index contributed by atoms with van der Waals surface area (Å²) in [5.41, 5.74) is 0.811. The van der Waals surface area contributed by atoms with Gasteiger partial charge in [-0.15, -0.1) is 10.2 Å². The Morgan fingerprint density at radius 3 is 2.88 bits per heavy atom. The average Bonchev–Trinajstić information content (AvgIpc) is 2.67. The molecule has 16 heavy (non-hydrogen) atoms. The van der Waals surface area contributed by atoms with Gasteiger partial charge in [-0.05, 0) is 30.7 Å². The molecule has 0 aliphatic rings. The topological polar surface area (TPSA) is 46.0 Å². The molecule has 2 aromatic rings. The third-order valence-electron chi connectivity index (χ3n) is 1.90. The van der Waals surface area contributed by atoms with Crippen LogP contribution in [0.25, 0.3) is 0 Å². The van der Waals surface area contributed by atoms with E-state index in [-0.39, 0.29) is 6.61 Å². The number of aliphatic hydroxyl groups is 1. The number of hydrogen-bond acceptors (Lipinski definition) is 5. The number of nitrogens with zero attached hydrogens (tertiary/aromatic N) is 2. The number of hydrogen-bond donors (Lipinski definition) is 1. The molecule has 84 valence electrons. The monoisotopic (exact) mass is 272 g/mol. The van der Waals surface area contributed by atoms with Gasteiger partial charge in [0.05, 0.1) is 6.61 Å². The van der Waals surface area contributed by atoms with Crippen molar-refractivity contribution >= 4 is 34.7 Å². The summed E-state index contributed by atoms with van der Waals surface area (Å²) in [6.45, 7) is 1.89. The first-order valence-corrected chi connectivity index (χ1v) is 6.57. The molecule has 0 saturated heterocycles. The van der Waals surface area contributed by atoms with Crippen LogP contribution in [0, 0.1) is 6.92 Å². The fourth-order valence-electron chi connectivity index (χ4n) is 1.18. The van der Waals surface area contributed by atoms with Gasteiger partial charge in [-0.25, -0.2) is 0 Å². The highest BCUT2D eigenvalue weighted by atomic mass is 35.5. The molecule has 1 aromatic carbocycles. The normalized spacial score (nSPS) is 10.7. The molecule has 0 bridgehead atoms. The summed E-state index contributed by atoms with van der Waals surface area (Å²) in [4.78, 5) is 0.961. The Balaban J connectivity index is 2.27. The molecule has 1 aromatic heterocycles. The first-order valence-electron chi connectivity index (χ1n) is 4.56. The number of rotatable bonds is 3. The second-order valence-corrected chi connectivity index (χ2v) is 6.01. The van der Waals surface area contributed by atoms with Crippen LogP contribution in [0.15, 0.2) is 27.4 Å². The highest BCUT2D eigenvalue weighted by molar-refractivity contribution is 8.01. The summed E-state index contributed by atoms with van der Waals surface area (Å²) in [6, 6.07) is 5.45. The summed E-state index contributed by atoms with van der Waals surface area (Å²) < 4.78 is 0.870. The molecule has 0 fully saturated rings. The maximum Gasteiger partial charge on any atom is 0.179 e. The van der Waals surface area contributed by atoms with Crippen LogP contribution in [-0.4, -0.2) is 15.3 Å². The largest absolute Gasteiger partial charge is 0.392 e. The van der Waals surface area contributed by atoms with E-state index in [4.69, 9.17) is 11.6 Å². The van der Waals surface area contributed by atoms with Gasteiger partial charge in [-0.3, -0.25) is 0 Å². The van der Waals surface area contributed by atoms with Crippen LogP contribution >= 0.6 is 34.7 Å². The van der Waals surface area contributed by atoms with Crippen LogP contribution in [0.2, 0.25) is 5.02 Å². The van der Waals surface area contributed by atoms with Crippen LogP contribution in [-0.2, 0) is 6.61 Å². The van der Waals surface area contributed by atoms with Crippen molar-refractivity contribution in [3.8, 4) is 0 Å². The van der Waals surface area contributed by atoms with Gasteiger partial charge in [-0.2, -0.15) is 0 Å². The molecule has 0 aliphatic carbocycles. The van der Waals surface area contributed by atoms with E-state index in [1.165, 1.54) is 23.1 Å². The van der Waals surface area contributed by atoms with E-state index in [1.54, 1.807) is 12.1 Å². The molecule has 1 heterocycles. The lowest BCUT2D eigenvalue weighted by atomic mass is 10.2. The second-order valence-electron chi connectivity index (χ2n) is 3.10. The molecular weight excluding hydrogens is 264 g/mol. The summed E-state index contributed by atoms with van der Waals surface area (Å²) in [5, 5.41) is 18.8. The third-order valence-corrected chi connectivity index (χ3v) is 4.14. The van der Waals surface area contributed by atoms with E-state index < -0.39 is 0 Å². The molecule has 1 N–H and O–H groups in total. The Labute approximate surface area is 106 Å². The maximum atomic E-state index is 9.22. The Morgan fingerprint density at radius 2 is 2.25 bits per heavy atom. The van der Waals surface area contributed by atoms with Crippen molar-refractivity contribution in [2.24, 2.45) is 0 Å². The van der Waals surface area contributed by atoms with Crippen LogP contribution in [0.3, 0.4) is 0 Å². The van der Waals surface area contributed by atoms with Crippen LogP contribution in [0.5, 0.6) is 0 Å².